The first kappa shape index (κ1) is 7.73. The topological polar surface area (TPSA) is 50.2 Å². The zero-order valence-electron chi connectivity index (χ0n) is 6.65. The van der Waals surface area contributed by atoms with Crippen molar-refractivity contribution in [2.75, 3.05) is 0 Å². The number of carboxylic acids is 1. The number of thiazole rings is 1. The third-order valence-electron chi connectivity index (χ3n) is 2.23. The molecule has 3 nitrogen and oxygen atoms in total. The van der Waals surface area contributed by atoms with Gasteiger partial charge in [-0.1, -0.05) is 0 Å². The molecular formula is C8H9NO2S. The SMILES string of the molecule is Cc1ncsc1[C@H]1C[C@@H]1C(=O)O. The molecule has 1 aromatic rings. The average Bonchev–Trinajstić information content (AvgIpc) is 2.70. The van der Waals surface area contributed by atoms with Gasteiger partial charge in [0.05, 0.1) is 17.1 Å². The molecule has 4 heteroatoms. The second-order valence-electron chi connectivity index (χ2n) is 3.09. The molecule has 12 heavy (non-hydrogen) atoms. The van der Waals surface area contributed by atoms with Crippen LogP contribution in [0.2, 0.25) is 0 Å². The highest BCUT2D eigenvalue weighted by atomic mass is 32.1. The van der Waals surface area contributed by atoms with Gasteiger partial charge in [-0.3, -0.25) is 4.79 Å². The van der Waals surface area contributed by atoms with Crippen LogP contribution < -0.4 is 0 Å². The van der Waals surface area contributed by atoms with Crippen molar-refractivity contribution in [3.8, 4) is 0 Å². The number of carbonyl (C=O) groups is 1. The minimum absolute atomic E-state index is 0.149. The molecule has 1 aliphatic carbocycles. The smallest absolute Gasteiger partial charge is 0.307 e. The lowest BCUT2D eigenvalue weighted by Crippen LogP contribution is -1.98. The summed E-state index contributed by atoms with van der Waals surface area (Å²) >= 11 is 1.57. The highest BCUT2D eigenvalue weighted by molar-refractivity contribution is 7.09. The van der Waals surface area contributed by atoms with E-state index in [-0.39, 0.29) is 11.8 Å². The van der Waals surface area contributed by atoms with Gasteiger partial charge >= 0.3 is 5.97 Å². The molecule has 0 aliphatic heterocycles. The number of rotatable bonds is 2. The van der Waals surface area contributed by atoms with Gasteiger partial charge in [0.25, 0.3) is 0 Å². The van der Waals surface area contributed by atoms with Crippen LogP contribution in [0.1, 0.15) is 22.9 Å². The highest BCUT2D eigenvalue weighted by Crippen LogP contribution is 2.49. The van der Waals surface area contributed by atoms with Crippen LogP contribution in [0.5, 0.6) is 0 Å². The van der Waals surface area contributed by atoms with Gasteiger partial charge in [0.1, 0.15) is 0 Å². The summed E-state index contributed by atoms with van der Waals surface area (Å²) in [5.74, 6) is -0.577. The summed E-state index contributed by atoms with van der Waals surface area (Å²) in [7, 11) is 0. The molecule has 0 bridgehead atoms. The third-order valence-corrected chi connectivity index (χ3v) is 3.29. The first-order chi connectivity index (χ1) is 5.70. The Morgan fingerprint density at radius 2 is 2.58 bits per heavy atom. The fourth-order valence-electron chi connectivity index (χ4n) is 1.42. The molecule has 64 valence electrons. The Balaban J connectivity index is 2.15. The monoisotopic (exact) mass is 183 g/mol. The van der Waals surface area contributed by atoms with Crippen molar-refractivity contribution in [2.45, 2.75) is 19.3 Å². The van der Waals surface area contributed by atoms with E-state index in [9.17, 15) is 4.79 Å². The van der Waals surface area contributed by atoms with Crippen molar-refractivity contribution in [1.82, 2.24) is 4.98 Å². The maximum atomic E-state index is 10.6. The fraction of sp³-hybridized carbons (Fsp3) is 0.500. The molecule has 0 saturated heterocycles. The van der Waals surface area contributed by atoms with Crippen LogP contribution in [-0.4, -0.2) is 16.1 Å². The molecule has 1 heterocycles. The molecule has 2 atom stereocenters. The largest absolute Gasteiger partial charge is 0.481 e. The highest BCUT2D eigenvalue weighted by Gasteiger charge is 2.45. The van der Waals surface area contributed by atoms with E-state index in [4.69, 9.17) is 5.11 Å². The molecular weight excluding hydrogens is 174 g/mol. The zero-order valence-corrected chi connectivity index (χ0v) is 7.47. The molecule has 1 N–H and O–H groups in total. The molecule has 1 fully saturated rings. The summed E-state index contributed by atoms with van der Waals surface area (Å²) in [5, 5.41) is 8.70. The lowest BCUT2D eigenvalue weighted by molar-refractivity contribution is -0.138. The van der Waals surface area contributed by atoms with E-state index in [1.165, 1.54) is 0 Å². The predicted octanol–water partition coefficient (Wildman–Crippen LogP) is 1.64. The number of carboxylic acid groups (broad SMARTS) is 1. The van der Waals surface area contributed by atoms with E-state index in [1.54, 1.807) is 16.8 Å². The summed E-state index contributed by atoms with van der Waals surface area (Å²) in [6, 6.07) is 0. The lowest BCUT2D eigenvalue weighted by atomic mass is 10.2. The van der Waals surface area contributed by atoms with E-state index >= 15 is 0 Å². The minimum atomic E-state index is -0.673. The second-order valence-corrected chi connectivity index (χ2v) is 3.98. The van der Waals surface area contributed by atoms with Crippen LogP contribution in [0, 0.1) is 12.8 Å². The summed E-state index contributed by atoms with van der Waals surface area (Å²) < 4.78 is 0. The molecule has 0 amide bonds. The molecule has 2 rings (SSSR count). The molecule has 0 spiro atoms. The van der Waals surface area contributed by atoms with E-state index in [1.807, 2.05) is 6.92 Å². The molecule has 0 aromatic carbocycles. The molecule has 1 saturated carbocycles. The van der Waals surface area contributed by atoms with Crippen molar-refractivity contribution in [2.24, 2.45) is 5.92 Å². The summed E-state index contributed by atoms with van der Waals surface area (Å²) in [6.07, 6.45) is 0.790. The van der Waals surface area contributed by atoms with E-state index < -0.39 is 5.97 Å². The quantitative estimate of drug-likeness (QED) is 0.758. The van der Waals surface area contributed by atoms with Crippen LogP contribution in [0.4, 0.5) is 0 Å². The van der Waals surface area contributed by atoms with Crippen LogP contribution in [-0.2, 0) is 4.79 Å². The van der Waals surface area contributed by atoms with Gasteiger partial charge in [-0.15, -0.1) is 11.3 Å². The number of hydrogen-bond donors (Lipinski definition) is 1. The van der Waals surface area contributed by atoms with Gasteiger partial charge in [0.15, 0.2) is 0 Å². The minimum Gasteiger partial charge on any atom is -0.481 e. The van der Waals surface area contributed by atoms with Crippen molar-refractivity contribution in [3.63, 3.8) is 0 Å². The predicted molar refractivity (Wildman–Crippen MR) is 45.3 cm³/mol. The number of aryl methyl sites for hydroxylation is 1. The van der Waals surface area contributed by atoms with E-state index in [0.717, 1.165) is 17.0 Å². The number of aromatic nitrogens is 1. The van der Waals surface area contributed by atoms with Crippen molar-refractivity contribution < 1.29 is 9.90 Å². The van der Waals surface area contributed by atoms with Crippen LogP contribution in [0.15, 0.2) is 5.51 Å². The van der Waals surface area contributed by atoms with E-state index in [2.05, 4.69) is 4.98 Å². The van der Waals surface area contributed by atoms with Crippen molar-refractivity contribution in [1.29, 1.82) is 0 Å². The van der Waals surface area contributed by atoms with Gasteiger partial charge in [-0.05, 0) is 13.3 Å². The number of aliphatic carboxylic acids is 1. The molecule has 1 aliphatic rings. The maximum absolute atomic E-state index is 10.6. The Kier molecular flexibility index (Phi) is 1.65. The van der Waals surface area contributed by atoms with Gasteiger partial charge < -0.3 is 5.11 Å². The maximum Gasteiger partial charge on any atom is 0.307 e. The van der Waals surface area contributed by atoms with Crippen molar-refractivity contribution >= 4 is 17.3 Å². The molecule has 0 radical (unpaired) electrons. The van der Waals surface area contributed by atoms with Gasteiger partial charge in [-0.2, -0.15) is 0 Å². The Morgan fingerprint density at radius 3 is 3.00 bits per heavy atom. The van der Waals surface area contributed by atoms with Crippen LogP contribution in [0.3, 0.4) is 0 Å². The first-order valence-corrected chi connectivity index (χ1v) is 4.71. The third kappa shape index (κ3) is 1.12. The van der Waals surface area contributed by atoms with E-state index in [0.29, 0.717) is 0 Å². The van der Waals surface area contributed by atoms with Crippen LogP contribution >= 0.6 is 11.3 Å². The molecule has 0 unspecified atom stereocenters. The van der Waals surface area contributed by atoms with Crippen molar-refractivity contribution in [3.05, 3.63) is 16.1 Å². The standard InChI is InChI=1S/C8H9NO2S/c1-4-7(12-3-9-4)5-2-6(5)8(10)11/h3,5-6H,2H2,1H3,(H,10,11)/t5-,6-/m0/s1. The number of hydrogen-bond acceptors (Lipinski definition) is 3. The molecule has 1 aromatic heterocycles. The normalized spacial score (nSPS) is 27.1. The summed E-state index contributed by atoms with van der Waals surface area (Å²) in [6.45, 7) is 1.93. The van der Waals surface area contributed by atoms with Gasteiger partial charge in [-0.25, -0.2) is 4.98 Å². The Bertz CT molecular complexity index is 321. The fourth-order valence-corrected chi connectivity index (χ4v) is 2.41. The van der Waals surface area contributed by atoms with Gasteiger partial charge in [0.2, 0.25) is 0 Å². The first-order valence-electron chi connectivity index (χ1n) is 3.83. The Hall–Kier alpha value is -0.900. The Labute approximate surface area is 74.1 Å². The second kappa shape index (κ2) is 2.55. The lowest BCUT2D eigenvalue weighted by Gasteiger charge is -1.92. The summed E-state index contributed by atoms with van der Waals surface area (Å²) in [5.41, 5.74) is 2.77. The summed E-state index contributed by atoms with van der Waals surface area (Å²) in [4.78, 5) is 15.8. The Morgan fingerprint density at radius 1 is 1.83 bits per heavy atom. The van der Waals surface area contributed by atoms with Gasteiger partial charge in [0, 0.05) is 10.8 Å². The average molecular weight is 183 g/mol. The zero-order chi connectivity index (χ0) is 8.72. The number of nitrogens with zero attached hydrogens (tertiary/aromatic N) is 1. The van der Waals surface area contributed by atoms with Crippen LogP contribution in [0.25, 0.3) is 0 Å².